The van der Waals surface area contributed by atoms with Crippen LogP contribution in [0.15, 0.2) is 60.8 Å². The van der Waals surface area contributed by atoms with Crippen LogP contribution >= 0.6 is 0 Å². The van der Waals surface area contributed by atoms with Gasteiger partial charge in [0, 0.05) is 11.6 Å². The van der Waals surface area contributed by atoms with Crippen molar-refractivity contribution in [3.05, 3.63) is 77.7 Å². The van der Waals surface area contributed by atoms with Gasteiger partial charge in [0.15, 0.2) is 0 Å². The molecule has 0 unspecified atom stereocenters. The van der Waals surface area contributed by atoms with Crippen LogP contribution in [0.4, 0.5) is 17.6 Å². The maximum Gasteiger partial charge on any atom is 0.391 e. The second-order valence-corrected chi connectivity index (χ2v) is 7.00. The van der Waals surface area contributed by atoms with E-state index in [9.17, 15) is 22.4 Å². The van der Waals surface area contributed by atoms with Crippen molar-refractivity contribution in [2.45, 2.75) is 31.5 Å². The first-order valence-electron chi connectivity index (χ1n) is 8.63. The second kappa shape index (κ2) is 7.58. The number of halogens is 4. The summed E-state index contributed by atoms with van der Waals surface area (Å²) in [4.78, 5) is 16.6. The van der Waals surface area contributed by atoms with E-state index in [0.29, 0.717) is 10.9 Å². The maximum absolute atomic E-state index is 13.7. The minimum Gasteiger partial charge on any atom is -0.346 e. The highest BCUT2D eigenvalue weighted by Gasteiger charge is 2.40. The Morgan fingerprint density at radius 1 is 1.07 bits per heavy atom. The van der Waals surface area contributed by atoms with Gasteiger partial charge in [0.2, 0.25) is 0 Å². The van der Waals surface area contributed by atoms with Gasteiger partial charge in [0.05, 0.1) is 17.5 Å². The molecule has 2 aromatic carbocycles. The number of pyridine rings is 1. The van der Waals surface area contributed by atoms with E-state index in [1.807, 2.05) is 0 Å². The van der Waals surface area contributed by atoms with Gasteiger partial charge in [0.1, 0.15) is 11.3 Å². The molecule has 0 radical (unpaired) electrons. The molecule has 1 N–H and O–H groups in total. The van der Waals surface area contributed by atoms with Crippen molar-refractivity contribution >= 4 is 16.8 Å². The number of hydrogen-bond acceptors (Lipinski definition) is 2. The zero-order valence-corrected chi connectivity index (χ0v) is 15.1. The lowest BCUT2D eigenvalue weighted by Crippen LogP contribution is -2.50. The van der Waals surface area contributed by atoms with Crippen molar-refractivity contribution in [1.29, 1.82) is 0 Å². The third-order valence-electron chi connectivity index (χ3n) is 4.37. The number of nitrogens with zero attached hydrogens (tertiary/aromatic N) is 1. The van der Waals surface area contributed by atoms with Crippen LogP contribution in [0.5, 0.6) is 0 Å². The maximum atomic E-state index is 13.7. The van der Waals surface area contributed by atoms with Crippen LogP contribution in [0, 0.1) is 5.82 Å². The zero-order chi connectivity index (χ0) is 20.4. The number of amides is 1. The molecule has 3 aromatic rings. The van der Waals surface area contributed by atoms with Gasteiger partial charge in [-0.05, 0) is 31.0 Å². The summed E-state index contributed by atoms with van der Waals surface area (Å²) in [5.41, 5.74) is -0.706. The summed E-state index contributed by atoms with van der Waals surface area (Å²) in [5.74, 6) is -1.23. The lowest BCUT2D eigenvalue weighted by molar-refractivity contribution is -0.147. The zero-order valence-electron chi connectivity index (χ0n) is 15.1. The van der Waals surface area contributed by atoms with E-state index in [1.165, 1.54) is 25.1 Å². The van der Waals surface area contributed by atoms with Gasteiger partial charge in [0.25, 0.3) is 5.91 Å². The fourth-order valence-corrected chi connectivity index (χ4v) is 3.23. The Morgan fingerprint density at radius 3 is 2.46 bits per heavy atom. The van der Waals surface area contributed by atoms with E-state index in [2.05, 4.69) is 10.3 Å². The molecule has 0 fully saturated rings. The molecular weight excluding hydrogens is 372 g/mol. The Hall–Kier alpha value is -2.96. The highest BCUT2D eigenvalue weighted by atomic mass is 19.4. The second-order valence-electron chi connectivity index (χ2n) is 7.00. The Balaban J connectivity index is 1.88. The molecule has 146 valence electrons. The van der Waals surface area contributed by atoms with E-state index >= 15 is 0 Å². The van der Waals surface area contributed by atoms with Crippen molar-refractivity contribution in [3.8, 4) is 0 Å². The Morgan fingerprint density at radius 2 is 1.79 bits per heavy atom. The number of hydrogen-bond donors (Lipinski definition) is 1. The topological polar surface area (TPSA) is 42.0 Å². The van der Waals surface area contributed by atoms with Gasteiger partial charge < -0.3 is 5.32 Å². The lowest BCUT2D eigenvalue weighted by Gasteiger charge is -2.32. The molecule has 0 aliphatic rings. The summed E-state index contributed by atoms with van der Waals surface area (Å²) in [7, 11) is 0. The predicted molar refractivity (Wildman–Crippen MR) is 98.4 cm³/mol. The number of benzene rings is 2. The molecule has 0 saturated heterocycles. The van der Waals surface area contributed by atoms with Crippen molar-refractivity contribution in [3.63, 3.8) is 0 Å². The number of carbonyl (C=O) groups excluding carboxylic acids is 1. The average Bonchev–Trinajstić information content (AvgIpc) is 2.60. The van der Waals surface area contributed by atoms with Gasteiger partial charge in [-0.3, -0.25) is 9.78 Å². The first-order chi connectivity index (χ1) is 13.2. The number of rotatable bonds is 5. The van der Waals surface area contributed by atoms with Crippen molar-refractivity contribution in [2.75, 3.05) is 0 Å². The Labute approximate surface area is 159 Å². The number of nitrogens with one attached hydrogen (secondary N) is 1. The van der Waals surface area contributed by atoms with Crippen LogP contribution < -0.4 is 5.32 Å². The molecule has 28 heavy (non-hydrogen) atoms. The molecule has 0 aliphatic carbocycles. The number of carbonyl (C=O) groups is 1. The minimum absolute atomic E-state index is 0.00866. The summed E-state index contributed by atoms with van der Waals surface area (Å²) in [6.07, 6.45) is -4.47. The standard InChI is InChI=1S/C21H18F4N2O/c1-20(13-21(23,24)25,11-14-6-3-2-4-7-14)27-19(28)16-10-15-8-5-9-17(22)18(15)26-12-16/h2-10,12H,11,13H2,1H3,(H,27,28)/t20-/m1/s1. The van der Waals surface area contributed by atoms with E-state index in [-0.39, 0.29) is 17.5 Å². The monoisotopic (exact) mass is 390 g/mol. The van der Waals surface area contributed by atoms with E-state index in [4.69, 9.17) is 0 Å². The summed E-state index contributed by atoms with van der Waals surface area (Å²) >= 11 is 0. The van der Waals surface area contributed by atoms with Gasteiger partial charge in [-0.15, -0.1) is 0 Å². The quantitative estimate of drug-likeness (QED) is 0.619. The van der Waals surface area contributed by atoms with Crippen LogP contribution in [-0.2, 0) is 6.42 Å². The van der Waals surface area contributed by atoms with Crippen molar-refractivity contribution in [1.82, 2.24) is 10.3 Å². The van der Waals surface area contributed by atoms with Crippen LogP contribution in [0.25, 0.3) is 10.9 Å². The highest BCUT2D eigenvalue weighted by Crippen LogP contribution is 2.30. The predicted octanol–water partition coefficient (Wildman–Crippen LogP) is 5.06. The minimum atomic E-state index is -4.46. The molecule has 0 bridgehead atoms. The van der Waals surface area contributed by atoms with E-state index in [1.54, 1.807) is 36.4 Å². The van der Waals surface area contributed by atoms with Crippen LogP contribution in [0.1, 0.15) is 29.3 Å². The van der Waals surface area contributed by atoms with Crippen LogP contribution in [-0.4, -0.2) is 22.6 Å². The fourth-order valence-electron chi connectivity index (χ4n) is 3.23. The molecule has 1 amide bonds. The largest absolute Gasteiger partial charge is 0.391 e. The molecular formula is C21H18F4N2O. The summed E-state index contributed by atoms with van der Waals surface area (Å²) in [6, 6.07) is 14.4. The molecule has 1 aromatic heterocycles. The summed E-state index contributed by atoms with van der Waals surface area (Å²) in [5, 5.41) is 2.90. The smallest absolute Gasteiger partial charge is 0.346 e. The molecule has 1 atom stereocenters. The first kappa shape index (κ1) is 19.8. The van der Waals surface area contributed by atoms with Crippen molar-refractivity contribution < 1.29 is 22.4 Å². The van der Waals surface area contributed by atoms with Crippen LogP contribution in [0.2, 0.25) is 0 Å². The molecule has 0 saturated carbocycles. The van der Waals surface area contributed by atoms with Gasteiger partial charge >= 0.3 is 6.18 Å². The highest BCUT2D eigenvalue weighted by molar-refractivity contribution is 5.97. The Bertz CT molecular complexity index is 989. The summed E-state index contributed by atoms with van der Waals surface area (Å²) in [6.45, 7) is 1.36. The summed E-state index contributed by atoms with van der Waals surface area (Å²) < 4.78 is 53.2. The van der Waals surface area contributed by atoms with Crippen molar-refractivity contribution in [2.24, 2.45) is 0 Å². The lowest BCUT2D eigenvalue weighted by atomic mass is 9.88. The molecule has 0 aliphatic heterocycles. The van der Waals surface area contributed by atoms with Crippen LogP contribution in [0.3, 0.4) is 0 Å². The number of aromatic nitrogens is 1. The molecule has 3 rings (SSSR count). The average molecular weight is 390 g/mol. The SMILES string of the molecule is C[C@@](Cc1ccccc1)(CC(F)(F)F)NC(=O)c1cnc2c(F)cccc2c1. The molecule has 1 heterocycles. The first-order valence-corrected chi connectivity index (χ1v) is 8.63. The third kappa shape index (κ3) is 4.85. The Kier molecular flexibility index (Phi) is 5.36. The fraction of sp³-hybridized carbons (Fsp3) is 0.238. The van der Waals surface area contributed by atoms with Gasteiger partial charge in [-0.2, -0.15) is 13.2 Å². The van der Waals surface area contributed by atoms with Gasteiger partial charge in [-0.25, -0.2) is 4.39 Å². The normalized spacial score (nSPS) is 13.9. The number of alkyl halides is 3. The third-order valence-corrected chi connectivity index (χ3v) is 4.37. The number of fused-ring (bicyclic) bond motifs is 1. The number of para-hydroxylation sites is 1. The molecule has 3 nitrogen and oxygen atoms in total. The van der Waals surface area contributed by atoms with Gasteiger partial charge in [-0.1, -0.05) is 42.5 Å². The molecule has 7 heteroatoms. The van der Waals surface area contributed by atoms with E-state index < -0.39 is 29.9 Å². The molecule has 0 spiro atoms. The van der Waals surface area contributed by atoms with E-state index in [0.717, 1.165) is 6.20 Å².